The highest BCUT2D eigenvalue weighted by Gasteiger charge is 2.14. The minimum atomic E-state index is -0.222. The van der Waals surface area contributed by atoms with Crippen molar-refractivity contribution < 1.29 is 9.47 Å². The van der Waals surface area contributed by atoms with Gasteiger partial charge in [-0.05, 0) is 6.92 Å². The van der Waals surface area contributed by atoms with Crippen molar-refractivity contribution in [2.45, 2.75) is 25.8 Å². The third kappa shape index (κ3) is 3.94. The zero-order valence-corrected chi connectivity index (χ0v) is 9.38. The zero-order valence-electron chi connectivity index (χ0n) is 9.38. The van der Waals surface area contributed by atoms with E-state index < -0.39 is 0 Å². The van der Waals surface area contributed by atoms with Crippen LogP contribution in [-0.2, 0) is 16.0 Å². The van der Waals surface area contributed by atoms with Crippen LogP contribution in [0.4, 0.5) is 0 Å². The van der Waals surface area contributed by atoms with E-state index in [9.17, 15) is 0 Å². The SMILES string of the molecule is COC(OC)C(C)NCCn1ccnn1. The summed E-state index contributed by atoms with van der Waals surface area (Å²) < 4.78 is 12.0. The van der Waals surface area contributed by atoms with Crippen LogP contribution in [0.5, 0.6) is 0 Å². The number of hydrogen-bond donors (Lipinski definition) is 1. The molecule has 0 aliphatic rings. The van der Waals surface area contributed by atoms with Crippen LogP contribution in [0.25, 0.3) is 0 Å². The molecule has 1 aromatic rings. The molecule has 86 valence electrons. The van der Waals surface area contributed by atoms with E-state index in [-0.39, 0.29) is 12.3 Å². The van der Waals surface area contributed by atoms with E-state index in [1.807, 2.05) is 13.1 Å². The van der Waals surface area contributed by atoms with Gasteiger partial charge >= 0.3 is 0 Å². The minimum absolute atomic E-state index is 0.142. The molecule has 0 radical (unpaired) electrons. The Labute approximate surface area is 89.6 Å². The van der Waals surface area contributed by atoms with Gasteiger partial charge in [-0.3, -0.25) is 4.68 Å². The van der Waals surface area contributed by atoms with Crippen LogP contribution < -0.4 is 5.32 Å². The molecule has 1 N–H and O–H groups in total. The first kappa shape index (κ1) is 12.1. The van der Waals surface area contributed by atoms with Crippen molar-refractivity contribution in [2.75, 3.05) is 20.8 Å². The van der Waals surface area contributed by atoms with Crippen LogP contribution in [-0.4, -0.2) is 48.1 Å². The molecule has 0 spiro atoms. The second-order valence-electron chi connectivity index (χ2n) is 3.25. The molecule has 0 bridgehead atoms. The second kappa shape index (κ2) is 6.49. The van der Waals surface area contributed by atoms with E-state index in [1.165, 1.54) is 0 Å². The Balaban J connectivity index is 2.19. The Morgan fingerprint density at radius 3 is 2.67 bits per heavy atom. The third-order valence-corrected chi connectivity index (χ3v) is 2.15. The fourth-order valence-corrected chi connectivity index (χ4v) is 1.36. The summed E-state index contributed by atoms with van der Waals surface area (Å²) in [4.78, 5) is 0. The number of aromatic nitrogens is 3. The molecule has 0 aliphatic carbocycles. The molecular formula is C9H18N4O2. The third-order valence-electron chi connectivity index (χ3n) is 2.15. The van der Waals surface area contributed by atoms with Gasteiger partial charge in [-0.2, -0.15) is 0 Å². The highest BCUT2D eigenvalue weighted by atomic mass is 16.7. The van der Waals surface area contributed by atoms with Crippen LogP contribution in [0.15, 0.2) is 12.4 Å². The maximum Gasteiger partial charge on any atom is 0.171 e. The average molecular weight is 214 g/mol. The van der Waals surface area contributed by atoms with E-state index in [4.69, 9.17) is 9.47 Å². The molecule has 0 saturated carbocycles. The second-order valence-corrected chi connectivity index (χ2v) is 3.25. The van der Waals surface area contributed by atoms with Crippen molar-refractivity contribution in [1.29, 1.82) is 0 Å². The lowest BCUT2D eigenvalue weighted by Gasteiger charge is -2.22. The molecular weight excluding hydrogens is 196 g/mol. The predicted octanol–water partition coefficient (Wildman–Crippen LogP) is -0.125. The van der Waals surface area contributed by atoms with Crippen molar-refractivity contribution >= 4 is 0 Å². The fraction of sp³-hybridized carbons (Fsp3) is 0.778. The lowest BCUT2D eigenvalue weighted by Crippen LogP contribution is -2.41. The molecule has 6 nitrogen and oxygen atoms in total. The maximum absolute atomic E-state index is 5.13. The smallest absolute Gasteiger partial charge is 0.171 e. The van der Waals surface area contributed by atoms with E-state index in [0.717, 1.165) is 13.1 Å². The lowest BCUT2D eigenvalue weighted by atomic mass is 10.3. The van der Waals surface area contributed by atoms with Gasteiger partial charge in [-0.15, -0.1) is 5.10 Å². The van der Waals surface area contributed by atoms with Gasteiger partial charge < -0.3 is 14.8 Å². The van der Waals surface area contributed by atoms with E-state index in [2.05, 4.69) is 15.6 Å². The molecule has 6 heteroatoms. The minimum Gasteiger partial charge on any atom is -0.354 e. The van der Waals surface area contributed by atoms with Crippen LogP contribution in [0.1, 0.15) is 6.92 Å². The lowest BCUT2D eigenvalue weighted by molar-refractivity contribution is -0.119. The van der Waals surface area contributed by atoms with E-state index in [1.54, 1.807) is 25.1 Å². The summed E-state index contributed by atoms with van der Waals surface area (Å²) >= 11 is 0. The number of methoxy groups -OCH3 is 2. The van der Waals surface area contributed by atoms with Crippen molar-refractivity contribution in [3.63, 3.8) is 0 Å². The van der Waals surface area contributed by atoms with Gasteiger partial charge in [0, 0.05) is 27.0 Å². The summed E-state index contributed by atoms with van der Waals surface area (Å²) in [7, 11) is 3.26. The number of ether oxygens (including phenoxy) is 2. The summed E-state index contributed by atoms with van der Waals surface area (Å²) in [5.74, 6) is 0. The van der Waals surface area contributed by atoms with Crippen LogP contribution in [0.2, 0.25) is 0 Å². The summed E-state index contributed by atoms with van der Waals surface area (Å²) in [5.41, 5.74) is 0. The molecule has 1 rings (SSSR count). The van der Waals surface area contributed by atoms with Gasteiger partial charge in [0.25, 0.3) is 0 Å². The number of hydrogen-bond acceptors (Lipinski definition) is 5. The Morgan fingerprint density at radius 1 is 1.40 bits per heavy atom. The molecule has 0 aromatic carbocycles. The van der Waals surface area contributed by atoms with Crippen LogP contribution >= 0.6 is 0 Å². The summed E-state index contributed by atoms with van der Waals surface area (Å²) in [6, 6.07) is 0.142. The molecule has 0 saturated heterocycles. The van der Waals surface area contributed by atoms with Gasteiger partial charge in [0.2, 0.25) is 0 Å². The topological polar surface area (TPSA) is 61.2 Å². The predicted molar refractivity (Wildman–Crippen MR) is 55.3 cm³/mol. The Bertz CT molecular complexity index is 249. The first-order chi connectivity index (χ1) is 7.27. The zero-order chi connectivity index (χ0) is 11.1. The molecule has 1 heterocycles. The standard InChI is InChI=1S/C9H18N4O2/c1-8(9(14-2)15-3)10-4-6-13-7-5-11-12-13/h5,7-10H,4,6H2,1-3H3. The molecule has 0 amide bonds. The molecule has 0 aliphatic heterocycles. The first-order valence-corrected chi connectivity index (χ1v) is 4.91. The van der Waals surface area contributed by atoms with Gasteiger partial charge in [0.15, 0.2) is 6.29 Å². The Morgan fingerprint density at radius 2 is 2.13 bits per heavy atom. The van der Waals surface area contributed by atoms with E-state index in [0.29, 0.717) is 0 Å². The van der Waals surface area contributed by atoms with Gasteiger partial charge in [-0.1, -0.05) is 5.21 Å². The monoisotopic (exact) mass is 214 g/mol. The number of nitrogens with one attached hydrogen (secondary N) is 1. The fourth-order valence-electron chi connectivity index (χ4n) is 1.36. The molecule has 1 unspecified atom stereocenters. The molecule has 15 heavy (non-hydrogen) atoms. The largest absolute Gasteiger partial charge is 0.354 e. The van der Waals surface area contributed by atoms with Gasteiger partial charge in [-0.25, -0.2) is 0 Å². The van der Waals surface area contributed by atoms with Crippen LogP contribution in [0.3, 0.4) is 0 Å². The summed E-state index contributed by atoms with van der Waals surface area (Å²) in [5, 5.41) is 10.9. The average Bonchev–Trinajstić information content (AvgIpc) is 2.72. The highest BCUT2D eigenvalue weighted by molar-refractivity contribution is 4.67. The van der Waals surface area contributed by atoms with Crippen molar-refractivity contribution in [3.05, 3.63) is 12.4 Å². The van der Waals surface area contributed by atoms with Crippen LogP contribution in [0, 0.1) is 0 Å². The molecule has 1 aromatic heterocycles. The maximum atomic E-state index is 5.13. The molecule has 1 atom stereocenters. The Hall–Kier alpha value is -0.980. The van der Waals surface area contributed by atoms with Crippen molar-refractivity contribution in [2.24, 2.45) is 0 Å². The summed E-state index contributed by atoms with van der Waals surface area (Å²) in [6.45, 7) is 3.59. The molecule has 0 fully saturated rings. The quantitative estimate of drug-likeness (QED) is 0.641. The van der Waals surface area contributed by atoms with Gasteiger partial charge in [0.1, 0.15) is 0 Å². The Kier molecular flexibility index (Phi) is 5.23. The van der Waals surface area contributed by atoms with E-state index >= 15 is 0 Å². The first-order valence-electron chi connectivity index (χ1n) is 4.91. The van der Waals surface area contributed by atoms with Crippen molar-refractivity contribution in [1.82, 2.24) is 20.3 Å². The summed E-state index contributed by atoms with van der Waals surface area (Å²) in [6.07, 6.45) is 3.27. The normalized spacial score (nSPS) is 13.3. The number of rotatable bonds is 7. The highest BCUT2D eigenvalue weighted by Crippen LogP contribution is 1.97. The van der Waals surface area contributed by atoms with Gasteiger partial charge in [0.05, 0.1) is 18.8 Å². The van der Waals surface area contributed by atoms with Crippen molar-refractivity contribution in [3.8, 4) is 0 Å². The number of nitrogens with zero attached hydrogens (tertiary/aromatic N) is 3.